The van der Waals surface area contributed by atoms with Gasteiger partial charge in [-0.15, -0.1) is 0 Å². The molecule has 6 nitrogen and oxygen atoms in total. The lowest BCUT2D eigenvalue weighted by atomic mass is 10.1. The van der Waals surface area contributed by atoms with Gasteiger partial charge in [0.25, 0.3) is 0 Å². The zero-order valence-corrected chi connectivity index (χ0v) is 12.1. The second kappa shape index (κ2) is 5.60. The van der Waals surface area contributed by atoms with Crippen LogP contribution in [-0.4, -0.2) is 28.4 Å². The third-order valence-corrected chi connectivity index (χ3v) is 4.09. The van der Waals surface area contributed by atoms with Crippen LogP contribution in [0.2, 0.25) is 0 Å². The minimum absolute atomic E-state index is 0.206. The number of amides is 1. The summed E-state index contributed by atoms with van der Waals surface area (Å²) in [5.41, 5.74) is -0.545. The molecular weight excluding hydrogens is 272 g/mol. The van der Waals surface area contributed by atoms with E-state index in [9.17, 15) is 14.7 Å². The van der Waals surface area contributed by atoms with Crippen molar-refractivity contribution in [1.82, 2.24) is 4.90 Å². The maximum atomic E-state index is 12.6. The molecule has 0 radical (unpaired) electrons. The number of carboxylic acids is 1. The van der Waals surface area contributed by atoms with Crippen LogP contribution in [0.4, 0.5) is 0 Å². The Hall–Kier alpha value is -2.29. The van der Waals surface area contributed by atoms with E-state index in [0.717, 1.165) is 0 Å². The zero-order chi connectivity index (χ0) is 15.6. The van der Waals surface area contributed by atoms with E-state index < -0.39 is 23.2 Å². The van der Waals surface area contributed by atoms with Gasteiger partial charge in [0, 0.05) is 6.54 Å². The number of nitriles is 1. The standard InChI is InChI=1S/C15H18N2O4/c1-15(2)11(12(15)14(19)20)13(18)17(7-4-6-16)9-10-5-3-8-21-10/h3,5,8,11-12H,4,7,9H2,1-2H3,(H,19,20). The van der Waals surface area contributed by atoms with E-state index in [-0.39, 0.29) is 25.4 Å². The van der Waals surface area contributed by atoms with Crippen LogP contribution in [0.25, 0.3) is 0 Å². The topological polar surface area (TPSA) is 94.5 Å². The summed E-state index contributed by atoms with van der Waals surface area (Å²) in [5, 5.41) is 17.9. The summed E-state index contributed by atoms with van der Waals surface area (Å²) < 4.78 is 5.23. The summed E-state index contributed by atoms with van der Waals surface area (Å²) in [4.78, 5) is 25.3. The number of aliphatic carboxylic acids is 1. The normalized spacial score (nSPS) is 22.3. The average Bonchev–Trinajstić information content (AvgIpc) is 2.77. The largest absolute Gasteiger partial charge is 0.481 e. The molecule has 21 heavy (non-hydrogen) atoms. The monoisotopic (exact) mass is 290 g/mol. The number of hydrogen-bond donors (Lipinski definition) is 1. The fourth-order valence-corrected chi connectivity index (χ4v) is 2.80. The molecule has 2 rings (SSSR count). The summed E-state index contributed by atoms with van der Waals surface area (Å²) in [7, 11) is 0. The molecule has 2 atom stereocenters. The van der Waals surface area contributed by atoms with Crippen LogP contribution in [0.15, 0.2) is 22.8 Å². The SMILES string of the molecule is CC1(C)C(C(=O)O)C1C(=O)N(CCC#N)Cc1ccco1. The lowest BCUT2D eigenvalue weighted by molar-refractivity contribution is -0.142. The maximum Gasteiger partial charge on any atom is 0.307 e. The Morgan fingerprint density at radius 1 is 1.48 bits per heavy atom. The lowest BCUT2D eigenvalue weighted by Crippen LogP contribution is -2.34. The quantitative estimate of drug-likeness (QED) is 0.863. The van der Waals surface area contributed by atoms with E-state index in [1.165, 1.54) is 11.2 Å². The van der Waals surface area contributed by atoms with Crippen LogP contribution in [0, 0.1) is 28.6 Å². The summed E-state index contributed by atoms with van der Waals surface area (Å²) in [6.07, 6.45) is 1.72. The minimum atomic E-state index is -0.948. The van der Waals surface area contributed by atoms with Crippen molar-refractivity contribution in [2.24, 2.45) is 17.3 Å². The first-order valence-electron chi connectivity index (χ1n) is 6.80. The molecule has 1 fully saturated rings. The molecule has 2 unspecified atom stereocenters. The van der Waals surface area contributed by atoms with Crippen LogP contribution in [0.3, 0.4) is 0 Å². The molecule has 1 aliphatic carbocycles. The fourth-order valence-electron chi connectivity index (χ4n) is 2.80. The molecule has 1 N–H and O–H groups in total. The fraction of sp³-hybridized carbons (Fsp3) is 0.533. The number of furan rings is 1. The molecule has 1 heterocycles. The molecular formula is C15H18N2O4. The Morgan fingerprint density at radius 2 is 2.19 bits per heavy atom. The van der Waals surface area contributed by atoms with Crippen LogP contribution < -0.4 is 0 Å². The summed E-state index contributed by atoms with van der Waals surface area (Å²) >= 11 is 0. The maximum absolute atomic E-state index is 12.6. The molecule has 0 aromatic carbocycles. The number of nitrogens with zero attached hydrogens (tertiary/aromatic N) is 2. The second-order valence-electron chi connectivity index (χ2n) is 5.86. The number of rotatable bonds is 6. The van der Waals surface area contributed by atoms with Gasteiger partial charge in [0.1, 0.15) is 5.76 Å². The highest BCUT2D eigenvalue weighted by Crippen LogP contribution is 2.59. The number of carbonyl (C=O) groups is 2. The van der Waals surface area contributed by atoms with E-state index >= 15 is 0 Å². The van der Waals surface area contributed by atoms with E-state index in [2.05, 4.69) is 0 Å². The molecule has 0 spiro atoms. The summed E-state index contributed by atoms with van der Waals surface area (Å²) in [6, 6.07) is 5.48. The van der Waals surface area contributed by atoms with E-state index in [0.29, 0.717) is 5.76 Å². The first-order valence-corrected chi connectivity index (χ1v) is 6.80. The molecule has 6 heteroatoms. The van der Waals surface area contributed by atoms with Gasteiger partial charge >= 0.3 is 5.97 Å². The van der Waals surface area contributed by atoms with Crippen LogP contribution >= 0.6 is 0 Å². The lowest BCUT2D eigenvalue weighted by Gasteiger charge is -2.21. The van der Waals surface area contributed by atoms with Crippen molar-refractivity contribution in [2.45, 2.75) is 26.8 Å². The van der Waals surface area contributed by atoms with E-state index in [1.54, 1.807) is 26.0 Å². The Bertz CT molecular complexity index is 571. The molecule has 1 amide bonds. The highest BCUT2D eigenvalue weighted by Gasteiger charge is 2.66. The third kappa shape index (κ3) is 2.92. The van der Waals surface area contributed by atoms with Crippen molar-refractivity contribution < 1.29 is 19.1 Å². The molecule has 0 bridgehead atoms. The van der Waals surface area contributed by atoms with Crippen molar-refractivity contribution in [3.05, 3.63) is 24.2 Å². The first kappa shape index (κ1) is 15.1. The van der Waals surface area contributed by atoms with Gasteiger partial charge < -0.3 is 14.4 Å². The Labute approximate surface area is 123 Å². The van der Waals surface area contributed by atoms with Crippen LogP contribution in [0.5, 0.6) is 0 Å². The van der Waals surface area contributed by atoms with Gasteiger partial charge in [-0.25, -0.2) is 0 Å². The van der Waals surface area contributed by atoms with E-state index in [4.69, 9.17) is 9.68 Å². The van der Waals surface area contributed by atoms with Crippen LogP contribution in [0.1, 0.15) is 26.0 Å². The van der Waals surface area contributed by atoms with Gasteiger partial charge in [-0.1, -0.05) is 13.8 Å². The third-order valence-electron chi connectivity index (χ3n) is 4.09. The molecule has 1 aromatic heterocycles. The van der Waals surface area contributed by atoms with Gasteiger partial charge in [-0.05, 0) is 17.5 Å². The van der Waals surface area contributed by atoms with Crippen molar-refractivity contribution in [2.75, 3.05) is 6.54 Å². The van der Waals surface area contributed by atoms with Crippen molar-refractivity contribution in [1.29, 1.82) is 5.26 Å². The summed E-state index contributed by atoms with van der Waals surface area (Å²) in [6.45, 7) is 4.09. The van der Waals surface area contributed by atoms with Gasteiger partial charge in [-0.2, -0.15) is 5.26 Å². The van der Waals surface area contributed by atoms with Gasteiger partial charge in [0.05, 0.1) is 37.1 Å². The Morgan fingerprint density at radius 3 is 2.67 bits per heavy atom. The van der Waals surface area contributed by atoms with E-state index in [1.807, 2.05) is 6.07 Å². The molecule has 0 aliphatic heterocycles. The molecule has 112 valence electrons. The van der Waals surface area contributed by atoms with Crippen LogP contribution in [-0.2, 0) is 16.1 Å². The molecule has 1 aliphatic rings. The predicted molar refractivity (Wildman–Crippen MR) is 72.8 cm³/mol. The Kier molecular flexibility index (Phi) is 4.03. The number of carboxylic acid groups (broad SMARTS) is 1. The number of carbonyl (C=O) groups excluding carboxylic acids is 1. The van der Waals surface area contributed by atoms with Crippen molar-refractivity contribution >= 4 is 11.9 Å². The molecule has 1 aromatic rings. The highest BCUT2D eigenvalue weighted by molar-refractivity contribution is 5.91. The van der Waals surface area contributed by atoms with Crippen molar-refractivity contribution in [3.63, 3.8) is 0 Å². The average molecular weight is 290 g/mol. The van der Waals surface area contributed by atoms with Gasteiger partial charge in [0.15, 0.2) is 0 Å². The number of hydrogen-bond acceptors (Lipinski definition) is 4. The Balaban J connectivity index is 2.12. The van der Waals surface area contributed by atoms with Gasteiger partial charge in [0.2, 0.25) is 5.91 Å². The zero-order valence-electron chi connectivity index (χ0n) is 12.1. The predicted octanol–water partition coefficient (Wildman–Crippen LogP) is 1.88. The van der Waals surface area contributed by atoms with Crippen molar-refractivity contribution in [3.8, 4) is 6.07 Å². The molecule has 0 saturated heterocycles. The summed E-state index contributed by atoms with van der Waals surface area (Å²) in [5.74, 6) is -1.75. The smallest absolute Gasteiger partial charge is 0.307 e. The highest BCUT2D eigenvalue weighted by atomic mass is 16.4. The van der Waals surface area contributed by atoms with Gasteiger partial charge in [-0.3, -0.25) is 9.59 Å². The first-order chi connectivity index (χ1) is 9.89. The minimum Gasteiger partial charge on any atom is -0.481 e. The second-order valence-corrected chi connectivity index (χ2v) is 5.86. The molecule has 1 saturated carbocycles.